The Labute approximate surface area is 104 Å². The van der Waals surface area contributed by atoms with Gasteiger partial charge in [-0.15, -0.1) is 0 Å². The Morgan fingerprint density at radius 1 is 1.50 bits per heavy atom. The summed E-state index contributed by atoms with van der Waals surface area (Å²) in [6, 6.07) is 8.45. The first kappa shape index (κ1) is 13.5. The highest BCUT2D eigenvalue weighted by molar-refractivity contribution is 5.81. The molecule has 1 atom stereocenters. The van der Waals surface area contributed by atoms with Crippen molar-refractivity contribution in [3.63, 3.8) is 0 Å². The molecule has 5 N–H and O–H groups in total. The molecule has 18 heavy (non-hydrogen) atoms. The Hall–Kier alpha value is -2.59. The molecule has 0 fully saturated rings. The van der Waals surface area contributed by atoms with E-state index < -0.39 is 17.8 Å². The highest BCUT2D eigenvalue weighted by Gasteiger charge is 2.19. The van der Waals surface area contributed by atoms with Gasteiger partial charge in [0.15, 0.2) is 4.98 Å². The second-order valence-corrected chi connectivity index (χ2v) is 3.53. The van der Waals surface area contributed by atoms with E-state index in [0.29, 0.717) is 6.42 Å². The third-order valence-electron chi connectivity index (χ3n) is 2.24. The van der Waals surface area contributed by atoms with Crippen molar-refractivity contribution in [2.24, 2.45) is 5.84 Å². The maximum absolute atomic E-state index is 11.5. The highest BCUT2D eigenvalue weighted by Crippen LogP contribution is 2.04. The number of nitrogens with one attached hydrogen (secondary N) is 2. The van der Waals surface area contributed by atoms with Crippen molar-refractivity contribution in [3.8, 4) is 0 Å². The number of nitrogens with zero attached hydrogens (tertiary/aromatic N) is 2. The first-order valence-corrected chi connectivity index (χ1v) is 5.21. The number of aliphatic hydroxyl groups is 1. The molecule has 1 unspecified atom stereocenters. The van der Waals surface area contributed by atoms with Crippen molar-refractivity contribution in [1.82, 2.24) is 10.7 Å². The minimum Gasteiger partial charge on any atom is -0.490 e. The standard InChI is InChI=1S/C11H13N5O2/c12-14-7-10(17)15-9(11(18)16-13)6-8-4-2-1-3-5-8/h1-5,7,9,12-13,15,17H,6H2/p+1. The first-order chi connectivity index (χ1) is 8.67. The summed E-state index contributed by atoms with van der Waals surface area (Å²) in [4.78, 5) is 14.2. The van der Waals surface area contributed by atoms with E-state index in [2.05, 4.69) is 10.3 Å². The van der Waals surface area contributed by atoms with E-state index in [1.54, 1.807) is 0 Å². The Balaban J connectivity index is 2.77. The van der Waals surface area contributed by atoms with Gasteiger partial charge in [-0.2, -0.15) is 0 Å². The minimum atomic E-state index is -0.768. The second kappa shape index (κ2) is 6.88. The number of rotatable bonds is 5. The van der Waals surface area contributed by atoms with Crippen LogP contribution in [-0.4, -0.2) is 17.1 Å². The highest BCUT2D eigenvalue weighted by atomic mass is 16.3. The van der Waals surface area contributed by atoms with Crippen LogP contribution in [0.25, 0.3) is 4.98 Å². The van der Waals surface area contributed by atoms with E-state index in [-0.39, 0.29) is 0 Å². The van der Waals surface area contributed by atoms with Crippen molar-refractivity contribution in [2.45, 2.75) is 12.5 Å². The molecule has 0 radical (unpaired) electrons. The summed E-state index contributed by atoms with van der Waals surface area (Å²) in [5.74, 6) is 4.15. The Bertz CT molecular complexity index is 466. The molecule has 0 spiro atoms. The van der Waals surface area contributed by atoms with Crippen LogP contribution < -0.4 is 16.6 Å². The number of benzene rings is 1. The maximum Gasteiger partial charge on any atom is 0.409 e. The van der Waals surface area contributed by atoms with Crippen LogP contribution in [0.2, 0.25) is 0 Å². The van der Waals surface area contributed by atoms with Crippen molar-refractivity contribution in [2.75, 3.05) is 0 Å². The molecule has 0 saturated heterocycles. The van der Waals surface area contributed by atoms with Crippen LogP contribution in [-0.2, 0) is 11.2 Å². The molecule has 1 aromatic rings. The number of nitrogens with two attached hydrogens (primary N) is 1. The van der Waals surface area contributed by atoms with Crippen molar-refractivity contribution in [1.29, 1.82) is 5.39 Å². The lowest BCUT2D eigenvalue weighted by atomic mass is 10.1. The molecule has 0 aromatic heterocycles. The van der Waals surface area contributed by atoms with Crippen LogP contribution in [0.4, 0.5) is 0 Å². The SMILES string of the molecule is N#[N+]C=C(O)NC(Cc1ccccc1)C(=O)NN. The zero-order chi connectivity index (χ0) is 13.4. The normalized spacial score (nSPS) is 12.3. The molecule has 0 aliphatic heterocycles. The van der Waals surface area contributed by atoms with Crippen molar-refractivity contribution in [3.05, 3.63) is 53.0 Å². The number of hydrogen-bond donors (Lipinski definition) is 4. The molecule has 94 valence electrons. The Kier molecular flexibility index (Phi) is 5.15. The molecule has 0 saturated carbocycles. The van der Waals surface area contributed by atoms with Gasteiger partial charge in [-0.25, -0.2) is 5.84 Å². The summed E-state index contributed by atoms with van der Waals surface area (Å²) in [5.41, 5.74) is 2.90. The fraction of sp³-hybridized carbons (Fsp3) is 0.182. The largest absolute Gasteiger partial charge is 0.490 e. The number of hydrazine groups is 1. The quantitative estimate of drug-likeness (QED) is 0.198. The molecule has 1 amide bonds. The number of carbonyl (C=O) groups excluding carboxylic acids is 1. The summed E-state index contributed by atoms with van der Waals surface area (Å²) in [6.45, 7) is 0. The van der Waals surface area contributed by atoms with E-state index in [9.17, 15) is 9.90 Å². The van der Waals surface area contributed by atoms with Gasteiger partial charge in [0, 0.05) is 6.42 Å². The Morgan fingerprint density at radius 3 is 2.72 bits per heavy atom. The third kappa shape index (κ3) is 4.11. The fourth-order valence-electron chi connectivity index (χ4n) is 1.43. The first-order valence-electron chi connectivity index (χ1n) is 5.21. The van der Waals surface area contributed by atoms with Crippen LogP contribution in [0.5, 0.6) is 0 Å². The lowest BCUT2D eigenvalue weighted by molar-refractivity contribution is -0.123. The summed E-state index contributed by atoms with van der Waals surface area (Å²) in [6.07, 6.45) is 1.11. The molecular weight excluding hydrogens is 234 g/mol. The number of diazo groups is 1. The third-order valence-corrected chi connectivity index (χ3v) is 2.24. The van der Waals surface area contributed by atoms with Crippen LogP contribution in [0.3, 0.4) is 0 Å². The van der Waals surface area contributed by atoms with E-state index >= 15 is 0 Å². The summed E-state index contributed by atoms with van der Waals surface area (Å²) < 4.78 is 0. The van der Waals surface area contributed by atoms with Crippen LogP contribution in [0, 0.1) is 5.39 Å². The monoisotopic (exact) mass is 248 g/mol. The van der Waals surface area contributed by atoms with Gasteiger partial charge in [0.05, 0.1) is 0 Å². The van der Waals surface area contributed by atoms with E-state index in [1.807, 2.05) is 35.8 Å². The lowest BCUT2D eigenvalue weighted by Crippen LogP contribution is -2.47. The van der Waals surface area contributed by atoms with E-state index in [0.717, 1.165) is 11.8 Å². The van der Waals surface area contributed by atoms with Gasteiger partial charge in [-0.3, -0.25) is 10.2 Å². The molecule has 0 bridgehead atoms. The second-order valence-electron chi connectivity index (χ2n) is 3.53. The van der Waals surface area contributed by atoms with Gasteiger partial charge < -0.3 is 10.4 Å². The summed E-state index contributed by atoms with van der Waals surface area (Å²) in [5, 5.41) is 20.1. The number of carbonyl (C=O) groups is 1. The van der Waals surface area contributed by atoms with Gasteiger partial charge in [0.25, 0.3) is 11.8 Å². The summed E-state index contributed by atoms with van der Waals surface area (Å²) in [7, 11) is 0. The molecule has 1 aromatic carbocycles. The predicted molar refractivity (Wildman–Crippen MR) is 65.2 cm³/mol. The van der Waals surface area contributed by atoms with Crippen LogP contribution >= 0.6 is 0 Å². The molecule has 1 rings (SSSR count). The fourth-order valence-corrected chi connectivity index (χ4v) is 1.43. The molecule has 7 heteroatoms. The minimum absolute atomic E-state index is 0.327. The smallest absolute Gasteiger partial charge is 0.409 e. The van der Waals surface area contributed by atoms with Gasteiger partial charge in [0.2, 0.25) is 5.39 Å². The van der Waals surface area contributed by atoms with Gasteiger partial charge >= 0.3 is 6.20 Å². The van der Waals surface area contributed by atoms with Crippen LogP contribution in [0.1, 0.15) is 5.56 Å². The van der Waals surface area contributed by atoms with Crippen LogP contribution in [0.15, 0.2) is 42.4 Å². The zero-order valence-corrected chi connectivity index (χ0v) is 9.58. The maximum atomic E-state index is 11.5. The average Bonchev–Trinajstić information content (AvgIpc) is 2.38. The number of aliphatic hydroxyl groups excluding tert-OH is 1. The van der Waals surface area contributed by atoms with E-state index in [1.165, 1.54) is 0 Å². The zero-order valence-electron chi connectivity index (χ0n) is 9.58. The topological polar surface area (TPSA) is 116 Å². The number of hydrogen-bond acceptors (Lipinski definition) is 5. The summed E-state index contributed by atoms with van der Waals surface area (Å²) >= 11 is 0. The van der Waals surface area contributed by atoms with Gasteiger partial charge in [-0.1, -0.05) is 30.3 Å². The molecule has 0 aliphatic rings. The number of amides is 1. The van der Waals surface area contributed by atoms with E-state index in [4.69, 9.17) is 11.2 Å². The Morgan fingerprint density at radius 2 is 2.17 bits per heavy atom. The van der Waals surface area contributed by atoms with Crippen molar-refractivity contribution >= 4 is 5.91 Å². The van der Waals surface area contributed by atoms with Gasteiger partial charge in [-0.05, 0) is 5.56 Å². The van der Waals surface area contributed by atoms with Gasteiger partial charge in [0.1, 0.15) is 6.04 Å². The molecular formula is C11H14N5O2+. The molecule has 0 heterocycles. The molecule has 7 nitrogen and oxygen atoms in total. The predicted octanol–water partition coefficient (Wildman–Crippen LogP) is 0.387. The average molecular weight is 248 g/mol. The molecule has 0 aliphatic carbocycles. The lowest BCUT2D eigenvalue weighted by Gasteiger charge is -2.16. The van der Waals surface area contributed by atoms with Crippen molar-refractivity contribution < 1.29 is 9.90 Å².